The van der Waals surface area contributed by atoms with Gasteiger partial charge in [-0.05, 0) is 64.0 Å². The summed E-state index contributed by atoms with van der Waals surface area (Å²) in [4.78, 5) is 48.1. The molecule has 1 aliphatic heterocycles. The van der Waals surface area contributed by atoms with Crippen molar-refractivity contribution < 1.29 is 29.0 Å². The summed E-state index contributed by atoms with van der Waals surface area (Å²) in [5.74, 6) is -0.354. The fourth-order valence-corrected chi connectivity index (χ4v) is 7.99. The first kappa shape index (κ1) is 46.6. The molecule has 11 nitrogen and oxygen atoms in total. The molecule has 3 N–H and O–H groups in total. The van der Waals surface area contributed by atoms with Gasteiger partial charge in [0.15, 0.2) is 0 Å². The molecule has 0 aliphatic carbocycles. The first-order chi connectivity index (χ1) is 24.9. The maximum absolute atomic E-state index is 14.3. The molecule has 53 heavy (non-hydrogen) atoms. The van der Waals surface area contributed by atoms with E-state index in [-0.39, 0.29) is 54.1 Å². The van der Waals surface area contributed by atoms with E-state index in [0.29, 0.717) is 31.5 Å². The lowest BCUT2D eigenvalue weighted by Crippen LogP contribution is -2.58. The Labute approximate surface area is 321 Å². The fraction of sp³-hybridized carbons (Fsp3) is 0.786. The summed E-state index contributed by atoms with van der Waals surface area (Å²) in [6, 6.07) is 8.37. The maximum atomic E-state index is 14.3. The third-order valence-corrected chi connectivity index (χ3v) is 11.8. The van der Waals surface area contributed by atoms with E-state index in [1.54, 1.807) is 21.1 Å². The Morgan fingerprint density at radius 2 is 1.57 bits per heavy atom. The largest absolute Gasteiger partial charge is 0.386 e. The second-order valence-electron chi connectivity index (χ2n) is 16.4. The van der Waals surface area contributed by atoms with Crippen molar-refractivity contribution in [2.75, 3.05) is 41.4 Å². The van der Waals surface area contributed by atoms with Gasteiger partial charge in [-0.15, -0.1) is 0 Å². The standard InChI is InChI=1S/C42H75N5O6/c1-15-29(8)38(46(12)42(51)37(27(4)5)43-25-34(26(2)3)45(11)28(6)7)35(52-13)24-36(48)47-23-19-22-33(47)40(53-14)30(9)41(50)44-31(10)39(49)32-20-17-16-18-21-32/h16-18,20-21,26-31,33-35,37-40,43,49H,15,19,22-25H2,1-14H3,(H,44,50)/t29-,30+,31+,33-,34+,35+,37-,38-,39+,40+/m0/s1. The van der Waals surface area contributed by atoms with Crippen LogP contribution in [0, 0.1) is 23.7 Å². The summed E-state index contributed by atoms with van der Waals surface area (Å²) in [6.45, 7) is 22.0. The number of methoxy groups -OCH3 is 2. The van der Waals surface area contributed by atoms with Crippen LogP contribution in [0.25, 0.3) is 0 Å². The Kier molecular flexibility index (Phi) is 19.4. The zero-order valence-electron chi connectivity index (χ0n) is 35.5. The van der Waals surface area contributed by atoms with Crippen molar-refractivity contribution in [2.24, 2.45) is 23.7 Å². The van der Waals surface area contributed by atoms with Gasteiger partial charge >= 0.3 is 0 Å². The van der Waals surface area contributed by atoms with Gasteiger partial charge in [-0.1, -0.05) is 85.2 Å². The van der Waals surface area contributed by atoms with Gasteiger partial charge in [0.2, 0.25) is 17.7 Å². The summed E-state index contributed by atoms with van der Waals surface area (Å²) in [5.41, 5.74) is 0.727. The average Bonchev–Trinajstić information content (AvgIpc) is 3.61. The van der Waals surface area contributed by atoms with Gasteiger partial charge in [0.25, 0.3) is 0 Å². The average molecular weight is 746 g/mol. The first-order valence-electron chi connectivity index (χ1n) is 20.0. The zero-order valence-corrected chi connectivity index (χ0v) is 35.5. The molecule has 3 amide bonds. The highest BCUT2D eigenvalue weighted by molar-refractivity contribution is 5.83. The third kappa shape index (κ3) is 12.5. The smallest absolute Gasteiger partial charge is 0.240 e. The summed E-state index contributed by atoms with van der Waals surface area (Å²) in [5, 5.41) is 17.4. The van der Waals surface area contributed by atoms with Gasteiger partial charge in [-0.3, -0.25) is 19.3 Å². The van der Waals surface area contributed by atoms with E-state index in [1.165, 1.54) is 0 Å². The van der Waals surface area contributed by atoms with Gasteiger partial charge in [0.1, 0.15) is 0 Å². The molecule has 1 fully saturated rings. The van der Waals surface area contributed by atoms with Crippen LogP contribution in [-0.2, 0) is 23.9 Å². The molecule has 0 saturated carbocycles. The van der Waals surface area contributed by atoms with Crippen LogP contribution in [-0.4, -0.2) is 127 Å². The molecule has 1 heterocycles. The molecule has 10 atom stereocenters. The van der Waals surface area contributed by atoms with Gasteiger partial charge in [0, 0.05) is 46.4 Å². The van der Waals surface area contributed by atoms with Gasteiger partial charge in [-0.2, -0.15) is 0 Å². The molecule has 1 aliphatic rings. The van der Waals surface area contributed by atoms with E-state index in [1.807, 2.05) is 54.1 Å². The number of rotatable bonds is 22. The van der Waals surface area contributed by atoms with Crippen LogP contribution >= 0.6 is 0 Å². The van der Waals surface area contributed by atoms with Crippen LogP contribution in [0.5, 0.6) is 0 Å². The molecule has 1 aromatic rings. The number of nitrogens with zero attached hydrogens (tertiary/aromatic N) is 3. The molecular formula is C42H75N5O6. The Morgan fingerprint density at radius 3 is 2.08 bits per heavy atom. The van der Waals surface area contributed by atoms with Crippen molar-refractivity contribution in [1.82, 2.24) is 25.3 Å². The van der Waals surface area contributed by atoms with Crippen molar-refractivity contribution in [1.29, 1.82) is 0 Å². The lowest BCUT2D eigenvalue weighted by molar-refractivity contribution is -0.147. The molecule has 304 valence electrons. The molecule has 2 rings (SSSR count). The molecule has 0 bridgehead atoms. The van der Waals surface area contributed by atoms with E-state index >= 15 is 0 Å². The minimum absolute atomic E-state index is 0.000510. The predicted octanol–water partition coefficient (Wildman–Crippen LogP) is 5.12. The second kappa shape index (κ2) is 22.1. The highest BCUT2D eigenvalue weighted by Gasteiger charge is 2.43. The van der Waals surface area contributed by atoms with Gasteiger partial charge < -0.3 is 35.0 Å². The molecule has 1 saturated heterocycles. The number of benzene rings is 1. The Hall–Kier alpha value is -2.57. The van der Waals surface area contributed by atoms with Crippen molar-refractivity contribution >= 4 is 17.7 Å². The quantitative estimate of drug-likeness (QED) is 0.150. The van der Waals surface area contributed by atoms with E-state index in [4.69, 9.17) is 9.47 Å². The summed E-state index contributed by atoms with van der Waals surface area (Å²) in [6.07, 6.45) is 0.489. The van der Waals surface area contributed by atoms with Gasteiger partial charge in [0.05, 0.1) is 54.8 Å². The van der Waals surface area contributed by atoms with Crippen LogP contribution in [0.15, 0.2) is 30.3 Å². The number of aliphatic hydroxyl groups is 1. The van der Waals surface area contributed by atoms with Crippen LogP contribution in [0.3, 0.4) is 0 Å². The van der Waals surface area contributed by atoms with Crippen LogP contribution < -0.4 is 10.6 Å². The van der Waals surface area contributed by atoms with Crippen LogP contribution in [0.2, 0.25) is 0 Å². The monoisotopic (exact) mass is 746 g/mol. The number of hydrogen-bond acceptors (Lipinski definition) is 8. The highest BCUT2D eigenvalue weighted by Crippen LogP contribution is 2.30. The Morgan fingerprint density at radius 1 is 0.943 bits per heavy atom. The molecule has 0 aromatic heterocycles. The lowest BCUT2D eigenvalue weighted by Gasteiger charge is -2.41. The number of nitrogens with one attached hydrogen (secondary N) is 2. The van der Waals surface area contributed by atoms with E-state index < -0.39 is 36.3 Å². The van der Waals surface area contributed by atoms with Crippen LogP contribution in [0.1, 0.15) is 107 Å². The predicted molar refractivity (Wildman–Crippen MR) is 213 cm³/mol. The highest BCUT2D eigenvalue weighted by atomic mass is 16.5. The normalized spacial score (nSPS) is 20.2. The summed E-state index contributed by atoms with van der Waals surface area (Å²) >= 11 is 0. The molecule has 0 spiro atoms. The number of hydrogen-bond donors (Lipinski definition) is 3. The number of amides is 3. The van der Waals surface area contributed by atoms with Crippen molar-refractivity contribution in [3.63, 3.8) is 0 Å². The number of likely N-dealkylation sites (tertiary alicyclic amines) is 1. The minimum atomic E-state index is -0.859. The SMILES string of the molecule is CC[C@H](C)[C@@H]([C@@H](CC(=O)N1CCC[C@H]1[C@H](OC)[C@@H](C)C(=O)N[C@H](C)[C@@H](O)c1ccccc1)OC)N(C)C(=O)[C@@H](NC[C@H](C(C)C)N(C)C(C)C)C(C)C. The number of likely N-dealkylation sites (N-methyl/N-ethyl adjacent to an activating group) is 2. The van der Waals surface area contributed by atoms with E-state index in [2.05, 4.69) is 78.0 Å². The maximum Gasteiger partial charge on any atom is 0.240 e. The lowest BCUT2D eigenvalue weighted by atomic mass is 9.89. The van der Waals surface area contributed by atoms with Crippen molar-refractivity contribution in [3.05, 3.63) is 35.9 Å². The zero-order chi connectivity index (χ0) is 40.2. The number of carbonyl (C=O) groups excluding carboxylic acids is 3. The molecule has 0 unspecified atom stereocenters. The fourth-order valence-electron chi connectivity index (χ4n) is 7.99. The van der Waals surface area contributed by atoms with E-state index in [0.717, 1.165) is 18.4 Å². The Bertz CT molecular complexity index is 1250. The number of ether oxygens (including phenoxy) is 2. The second-order valence-corrected chi connectivity index (χ2v) is 16.4. The first-order valence-corrected chi connectivity index (χ1v) is 20.0. The Balaban J connectivity index is 2.23. The minimum Gasteiger partial charge on any atom is -0.386 e. The van der Waals surface area contributed by atoms with Crippen LogP contribution in [0.4, 0.5) is 0 Å². The molecular weight excluding hydrogens is 670 g/mol. The van der Waals surface area contributed by atoms with E-state index in [9.17, 15) is 19.5 Å². The summed E-state index contributed by atoms with van der Waals surface area (Å²) in [7, 11) is 7.19. The summed E-state index contributed by atoms with van der Waals surface area (Å²) < 4.78 is 12.0. The number of aliphatic hydroxyl groups excluding tert-OH is 1. The topological polar surface area (TPSA) is 124 Å². The van der Waals surface area contributed by atoms with Gasteiger partial charge in [-0.25, -0.2) is 0 Å². The molecule has 11 heteroatoms. The van der Waals surface area contributed by atoms with Crippen molar-refractivity contribution in [2.45, 2.75) is 149 Å². The molecule has 0 radical (unpaired) electrons. The third-order valence-electron chi connectivity index (χ3n) is 11.8. The van der Waals surface area contributed by atoms with Crippen molar-refractivity contribution in [3.8, 4) is 0 Å². The molecule has 1 aromatic carbocycles. The number of carbonyl (C=O) groups is 3.